The normalized spacial score (nSPS) is 17.1. The van der Waals surface area contributed by atoms with E-state index in [4.69, 9.17) is 11.6 Å². The first kappa shape index (κ1) is 22.4. The van der Waals surface area contributed by atoms with Gasteiger partial charge in [-0.1, -0.05) is 47.6 Å². The minimum atomic E-state index is -0.227. The molecule has 0 aliphatic carbocycles. The lowest BCUT2D eigenvalue weighted by atomic mass is 10.2. The molecule has 6 nitrogen and oxygen atoms in total. The first-order chi connectivity index (χ1) is 15.5. The first-order valence-electron chi connectivity index (χ1n) is 10.6. The Bertz CT molecular complexity index is 1070. The first-order valence-corrected chi connectivity index (χ1v) is 11.8. The van der Waals surface area contributed by atoms with Gasteiger partial charge in [0.2, 0.25) is 11.8 Å². The van der Waals surface area contributed by atoms with E-state index in [0.29, 0.717) is 35.9 Å². The summed E-state index contributed by atoms with van der Waals surface area (Å²) in [5, 5.41) is 3.47. The minimum Gasteiger partial charge on any atom is -0.354 e. The van der Waals surface area contributed by atoms with E-state index >= 15 is 0 Å². The molecule has 0 radical (unpaired) electrons. The maximum atomic E-state index is 13.2. The van der Waals surface area contributed by atoms with E-state index in [1.807, 2.05) is 41.3 Å². The molecule has 2 aliphatic rings. The molecule has 0 unspecified atom stereocenters. The maximum Gasteiger partial charge on any atom is 0.265 e. The number of carbonyl (C=O) groups excluding carboxylic acids is 3. The van der Waals surface area contributed by atoms with Gasteiger partial charge in [0.1, 0.15) is 6.54 Å². The monoisotopic (exact) mass is 469 g/mol. The van der Waals surface area contributed by atoms with Gasteiger partial charge >= 0.3 is 0 Å². The van der Waals surface area contributed by atoms with Crippen molar-refractivity contribution in [2.75, 3.05) is 31.1 Å². The summed E-state index contributed by atoms with van der Waals surface area (Å²) in [6, 6.07) is 14.9. The average molecular weight is 470 g/mol. The Kier molecular flexibility index (Phi) is 7.17. The number of nitrogens with zero attached hydrogens (tertiary/aromatic N) is 2. The molecule has 32 heavy (non-hydrogen) atoms. The number of amides is 3. The van der Waals surface area contributed by atoms with Gasteiger partial charge in [0.05, 0.1) is 10.6 Å². The number of hydrogen-bond acceptors (Lipinski definition) is 4. The summed E-state index contributed by atoms with van der Waals surface area (Å²) in [6.07, 6.45) is 4.02. The van der Waals surface area contributed by atoms with Gasteiger partial charge in [-0.3, -0.25) is 19.3 Å². The van der Waals surface area contributed by atoms with Gasteiger partial charge in [-0.2, -0.15) is 0 Å². The van der Waals surface area contributed by atoms with Crippen LogP contribution in [-0.2, 0) is 14.4 Å². The van der Waals surface area contributed by atoms with Crippen LogP contribution in [0.25, 0.3) is 6.08 Å². The fourth-order valence-corrected chi connectivity index (χ4v) is 5.06. The van der Waals surface area contributed by atoms with Gasteiger partial charge in [-0.25, -0.2) is 0 Å². The predicted molar refractivity (Wildman–Crippen MR) is 128 cm³/mol. The lowest BCUT2D eigenvalue weighted by Crippen LogP contribution is -2.43. The van der Waals surface area contributed by atoms with E-state index in [2.05, 4.69) is 5.32 Å². The number of carbonyl (C=O) groups is 3. The van der Waals surface area contributed by atoms with Gasteiger partial charge in [-0.05, 0) is 48.7 Å². The number of fused-ring (bicyclic) bond motifs is 1. The minimum absolute atomic E-state index is 0.0636. The summed E-state index contributed by atoms with van der Waals surface area (Å²) in [7, 11) is 0. The van der Waals surface area contributed by atoms with Crippen LogP contribution in [0.2, 0.25) is 5.02 Å². The van der Waals surface area contributed by atoms with Crippen molar-refractivity contribution in [2.24, 2.45) is 0 Å². The van der Waals surface area contributed by atoms with Crippen LogP contribution in [-0.4, -0.2) is 48.8 Å². The Morgan fingerprint density at radius 1 is 1.16 bits per heavy atom. The van der Waals surface area contributed by atoms with Crippen LogP contribution in [0.4, 0.5) is 5.69 Å². The molecule has 2 heterocycles. The van der Waals surface area contributed by atoms with Gasteiger partial charge in [0.15, 0.2) is 0 Å². The summed E-state index contributed by atoms with van der Waals surface area (Å²) in [4.78, 5) is 42.3. The molecule has 2 aliphatic heterocycles. The fourth-order valence-electron chi connectivity index (χ4n) is 3.80. The number of benzene rings is 2. The molecule has 4 rings (SSSR count). The fraction of sp³-hybridized carbons (Fsp3) is 0.292. The highest BCUT2D eigenvalue weighted by Gasteiger charge is 2.30. The molecule has 1 saturated heterocycles. The number of thioether (sulfide) groups is 1. The van der Waals surface area contributed by atoms with E-state index in [1.165, 1.54) is 16.7 Å². The molecule has 0 atom stereocenters. The molecular formula is C24H24ClN3O3S. The zero-order chi connectivity index (χ0) is 22.5. The number of halogens is 1. The number of rotatable bonds is 7. The zero-order valence-corrected chi connectivity index (χ0v) is 19.1. The highest BCUT2D eigenvalue weighted by molar-refractivity contribution is 8.04. The maximum absolute atomic E-state index is 13.2. The van der Waals surface area contributed by atoms with Crippen LogP contribution in [0.15, 0.2) is 58.3 Å². The Hall–Kier alpha value is -2.77. The van der Waals surface area contributed by atoms with Gasteiger partial charge in [0.25, 0.3) is 5.91 Å². The highest BCUT2D eigenvalue weighted by Crippen LogP contribution is 2.41. The Morgan fingerprint density at radius 3 is 2.78 bits per heavy atom. The molecule has 8 heteroatoms. The van der Waals surface area contributed by atoms with E-state index in [0.717, 1.165) is 29.1 Å². The molecule has 2 aromatic carbocycles. The summed E-state index contributed by atoms with van der Waals surface area (Å²) in [6.45, 7) is 1.84. The van der Waals surface area contributed by atoms with Gasteiger partial charge < -0.3 is 10.2 Å². The van der Waals surface area contributed by atoms with E-state index in [-0.39, 0.29) is 24.3 Å². The standard InChI is InChI=1S/C24H24ClN3O3S/c25-18-7-3-6-17(14-18)15-21-24(31)28(19-8-1-2-9-20(19)32-21)16-22(29)26-11-5-13-27-12-4-10-23(27)30/h1-3,6-9,14-15H,4-5,10-13,16H2,(H,26,29)/b21-15+. The number of nitrogens with one attached hydrogen (secondary N) is 1. The molecule has 166 valence electrons. The summed E-state index contributed by atoms with van der Waals surface area (Å²) in [5.41, 5.74) is 1.55. The predicted octanol–water partition coefficient (Wildman–Crippen LogP) is 3.95. The van der Waals surface area contributed by atoms with Crippen molar-refractivity contribution in [1.82, 2.24) is 10.2 Å². The second kappa shape index (κ2) is 10.2. The van der Waals surface area contributed by atoms with Crippen molar-refractivity contribution < 1.29 is 14.4 Å². The number of likely N-dealkylation sites (tertiary alicyclic amines) is 1. The zero-order valence-electron chi connectivity index (χ0n) is 17.6. The SMILES string of the molecule is O=C(CN1C(=O)/C(=C\c2cccc(Cl)c2)Sc2ccccc21)NCCCN1CCCC1=O. The lowest BCUT2D eigenvalue weighted by Gasteiger charge is -2.29. The summed E-state index contributed by atoms with van der Waals surface area (Å²) < 4.78 is 0. The molecule has 0 spiro atoms. The summed E-state index contributed by atoms with van der Waals surface area (Å²) >= 11 is 7.47. The van der Waals surface area contributed by atoms with Crippen molar-refractivity contribution in [3.63, 3.8) is 0 Å². The molecule has 0 saturated carbocycles. The van der Waals surface area contributed by atoms with Gasteiger partial charge in [-0.15, -0.1) is 0 Å². The van der Waals surface area contributed by atoms with E-state index in [9.17, 15) is 14.4 Å². The molecule has 0 bridgehead atoms. The molecular weight excluding hydrogens is 446 g/mol. The van der Waals surface area contributed by atoms with Crippen LogP contribution in [0, 0.1) is 0 Å². The molecule has 3 amide bonds. The van der Waals surface area contributed by atoms with Crippen molar-refractivity contribution in [1.29, 1.82) is 0 Å². The Morgan fingerprint density at radius 2 is 2.00 bits per heavy atom. The topological polar surface area (TPSA) is 69.7 Å². The average Bonchev–Trinajstić information content (AvgIpc) is 3.19. The molecule has 1 N–H and O–H groups in total. The second-order valence-electron chi connectivity index (χ2n) is 7.71. The quantitative estimate of drug-likeness (QED) is 0.492. The third-order valence-electron chi connectivity index (χ3n) is 5.38. The van der Waals surface area contributed by atoms with Crippen LogP contribution in [0.1, 0.15) is 24.8 Å². The third kappa shape index (κ3) is 5.34. The third-order valence-corrected chi connectivity index (χ3v) is 6.69. The number of para-hydroxylation sites is 1. The van der Waals surface area contributed by atoms with Crippen LogP contribution in [0.5, 0.6) is 0 Å². The van der Waals surface area contributed by atoms with Gasteiger partial charge in [0, 0.05) is 36.0 Å². The number of hydrogen-bond donors (Lipinski definition) is 1. The van der Waals surface area contributed by atoms with Crippen molar-refractivity contribution >= 4 is 52.8 Å². The molecule has 0 aromatic heterocycles. The number of anilines is 1. The van der Waals surface area contributed by atoms with Crippen molar-refractivity contribution in [3.8, 4) is 0 Å². The second-order valence-corrected chi connectivity index (χ2v) is 9.23. The lowest BCUT2D eigenvalue weighted by molar-refractivity contribution is -0.127. The van der Waals surface area contributed by atoms with E-state index < -0.39 is 0 Å². The highest BCUT2D eigenvalue weighted by atomic mass is 35.5. The van der Waals surface area contributed by atoms with Crippen LogP contribution in [0.3, 0.4) is 0 Å². The van der Waals surface area contributed by atoms with Crippen LogP contribution >= 0.6 is 23.4 Å². The van der Waals surface area contributed by atoms with Crippen LogP contribution < -0.4 is 10.2 Å². The summed E-state index contributed by atoms with van der Waals surface area (Å²) in [5.74, 6) is -0.259. The van der Waals surface area contributed by atoms with Crippen molar-refractivity contribution in [3.05, 3.63) is 64.0 Å². The largest absolute Gasteiger partial charge is 0.354 e. The molecule has 1 fully saturated rings. The van der Waals surface area contributed by atoms with Crippen molar-refractivity contribution in [2.45, 2.75) is 24.2 Å². The Labute approximate surface area is 196 Å². The Balaban J connectivity index is 1.42. The smallest absolute Gasteiger partial charge is 0.265 e. The van der Waals surface area contributed by atoms with E-state index in [1.54, 1.807) is 18.2 Å². The molecule has 2 aromatic rings.